The molecule has 0 rings (SSSR count). The summed E-state index contributed by atoms with van der Waals surface area (Å²) in [5.41, 5.74) is 6.79. The Morgan fingerprint density at radius 3 is 2.36 bits per heavy atom. The van der Waals surface area contributed by atoms with Gasteiger partial charge in [0.2, 0.25) is 0 Å². The lowest BCUT2D eigenvalue weighted by Gasteiger charge is -2.18. The summed E-state index contributed by atoms with van der Waals surface area (Å²) in [6.45, 7) is 7.21. The molecule has 0 aliphatic heterocycles. The predicted octanol–water partition coefficient (Wildman–Crippen LogP) is 1.52. The molecule has 22 heavy (non-hydrogen) atoms. The summed E-state index contributed by atoms with van der Waals surface area (Å²) < 4.78 is 4.93. The largest absolute Gasteiger partial charge is 0.443 e. The lowest BCUT2D eigenvalue weighted by Crippen LogP contribution is -2.35. The number of rotatable bonds is 7. The highest BCUT2D eigenvalue weighted by Gasteiger charge is 2.15. The minimum Gasteiger partial charge on any atom is -0.443 e. The van der Waals surface area contributed by atoms with E-state index in [0.29, 0.717) is 11.5 Å². The van der Waals surface area contributed by atoms with E-state index in [-0.39, 0.29) is 12.6 Å². The average molecular weight is 309 g/mol. The minimum absolute atomic E-state index is 0.129. The third kappa shape index (κ3) is 7.73. The summed E-state index contributed by atoms with van der Waals surface area (Å²) >= 11 is 0. The molecule has 124 valence electrons. The Morgan fingerprint density at radius 1 is 1.32 bits per heavy atom. The van der Waals surface area contributed by atoms with Gasteiger partial charge in [-0.25, -0.2) is 0 Å². The molecule has 6 nitrogen and oxygen atoms in total. The van der Waals surface area contributed by atoms with Crippen LogP contribution in [0, 0.1) is 5.92 Å². The van der Waals surface area contributed by atoms with Gasteiger partial charge in [0.15, 0.2) is 6.73 Å². The molecule has 1 atom stereocenters. The summed E-state index contributed by atoms with van der Waals surface area (Å²) in [5, 5.41) is 0. The number of esters is 1. The number of nitrogens with zero attached hydrogens (tertiary/aromatic N) is 2. The molecule has 0 saturated carbocycles. The summed E-state index contributed by atoms with van der Waals surface area (Å²) in [4.78, 5) is 28.8. The minimum atomic E-state index is -0.707. The first-order chi connectivity index (χ1) is 10.2. The summed E-state index contributed by atoms with van der Waals surface area (Å²) in [6.07, 6.45) is 5.48. The van der Waals surface area contributed by atoms with Crippen LogP contribution in [0.2, 0.25) is 0 Å². The molecule has 0 bridgehead atoms. The highest BCUT2D eigenvalue weighted by molar-refractivity contribution is 5.95. The summed E-state index contributed by atoms with van der Waals surface area (Å²) in [7, 11) is 3.24. The van der Waals surface area contributed by atoms with E-state index in [1.54, 1.807) is 33.3 Å². The maximum Gasteiger partial charge on any atom is 0.324 e. The fraction of sp³-hybridized carbons (Fsp3) is 0.562. The number of amides is 1. The van der Waals surface area contributed by atoms with E-state index in [0.717, 1.165) is 5.57 Å². The second-order valence-corrected chi connectivity index (χ2v) is 5.51. The number of carbonyl (C=O) groups is 2. The van der Waals surface area contributed by atoms with Crippen molar-refractivity contribution in [2.24, 2.45) is 16.6 Å². The van der Waals surface area contributed by atoms with Gasteiger partial charge in [-0.1, -0.05) is 19.9 Å². The molecule has 0 radical (unpaired) electrons. The lowest BCUT2D eigenvalue weighted by atomic mass is 10.1. The monoisotopic (exact) mass is 309 g/mol. The van der Waals surface area contributed by atoms with Crippen LogP contribution in [0.4, 0.5) is 0 Å². The van der Waals surface area contributed by atoms with E-state index in [1.807, 2.05) is 19.9 Å². The van der Waals surface area contributed by atoms with Gasteiger partial charge in [-0.05, 0) is 31.4 Å². The van der Waals surface area contributed by atoms with E-state index in [2.05, 4.69) is 4.99 Å². The summed E-state index contributed by atoms with van der Waals surface area (Å²) in [5.74, 6) is -0.423. The molecule has 2 N–H and O–H groups in total. The van der Waals surface area contributed by atoms with Crippen LogP contribution in [0.15, 0.2) is 28.3 Å². The molecule has 1 unspecified atom stereocenters. The Bertz CT molecular complexity index is 477. The van der Waals surface area contributed by atoms with Gasteiger partial charge in [-0.15, -0.1) is 0 Å². The Labute approximate surface area is 132 Å². The standard InChI is InChI=1S/C16H27N3O3/c1-11(2)7-14(9-18-5)8-12(3)15(20)19(6)10-22-16(21)13(4)17/h7-9,11,13H,10,17H2,1-6H3. The van der Waals surface area contributed by atoms with Crippen molar-refractivity contribution in [3.8, 4) is 0 Å². The molecule has 0 heterocycles. The molecule has 0 aliphatic rings. The molecule has 6 heteroatoms. The van der Waals surface area contributed by atoms with Gasteiger partial charge in [0.1, 0.15) is 6.04 Å². The zero-order valence-corrected chi connectivity index (χ0v) is 14.3. The van der Waals surface area contributed by atoms with Crippen LogP contribution in [0.1, 0.15) is 27.7 Å². The lowest BCUT2D eigenvalue weighted by molar-refractivity contribution is -0.151. The number of ether oxygens (including phenoxy) is 1. The van der Waals surface area contributed by atoms with Crippen molar-refractivity contribution in [2.75, 3.05) is 20.8 Å². The Hall–Kier alpha value is -1.95. The molecule has 1 amide bonds. The van der Waals surface area contributed by atoms with Crippen LogP contribution in [0.5, 0.6) is 0 Å². The van der Waals surface area contributed by atoms with Crippen molar-refractivity contribution < 1.29 is 14.3 Å². The van der Waals surface area contributed by atoms with E-state index < -0.39 is 12.0 Å². The van der Waals surface area contributed by atoms with Crippen molar-refractivity contribution in [3.05, 3.63) is 23.3 Å². The second-order valence-electron chi connectivity index (χ2n) is 5.51. The van der Waals surface area contributed by atoms with Crippen LogP contribution in [0.25, 0.3) is 0 Å². The van der Waals surface area contributed by atoms with Crippen LogP contribution in [0.3, 0.4) is 0 Å². The smallest absolute Gasteiger partial charge is 0.324 e. The highest BCUT2D eigenvalue weighted by Crippen LogP contribution is 2.08. The van der Waals surface area contributed by atoms with E-state index in [4.69, 9.17) is 10.5 Å². The number of hydrogen-bond acceptors (Lipinski definition) is 5. The van der Waals surface area contributed by atoms with Crippen LogP contribution in [-0.4, -0.2) is 49.9 Å². The van der Waals surface area contributed by atoms with Crippen molar-refractivity contribution in [1.82, 2.24) is 4.90 Å². The molecule has 0 aromatic rings. The zero-order chi connectivity index (χ0) is 17.3. The number of nitrogens with two attached hydrogens (primary N) is 1. The average Bonchev–Trinajstić information content (AvgIpc) is 2.42. The first kappa shape index (κ1) is 20.1. The topological polar surface area (TPSA) is 85.0 Å². The first-order valence-corrected chi connectivity index (χ1v) is 7.19. The third-order valence-electron chi connectivity index (χ3n) is 2.64. The molecule has 0 aliphatic carbocycles. The van der Waals surface area contributed by atoms with Crippen molar-refractivity contribution in [2.45, 2.75) is 33.7 Å². The number of carbonyl (C=O) groups excluding carboxylic acids is 2. The number of aliphatic imine (C=N–C) groups is 1. The normalized spacial score (nSPS) is 14.4. The summed E-state index contributed by atoms with van der Waals surface area (Å²) in [6, 6.07) is -0.707. The second kappa shape index (κ2) is 9.89. The number of allylic oxidation sites excluding steroid dienone is 3. The SMILES string of the molecule is CN=CC(=CC(C)C)C=C(C)C(=O)N(C)COC(=O)C(C)N. The van der Waals surface area contributed by atoms with E-state index in [9.17, 15) is 9.59 Å². The van der Waals surface area contributed by atoms with E-state index in [1.165, 1.54) is 11.8 Å². The molecule has 0 saturated heterocycles. The number of hydrogen-bond donors (Lipinski definition) is 1. The van der Waals surface area contributed by atoms with Crippen LogP contribution in [-0.2, 0) is 14.3 Å². The Balaban J connectivity index is 4.88. The molecule has 0 spiro atoms. The Morgan fingerprint density at radius 2 is 1.91 bits per heavy atom. The molecule has 0 fully saturated rings. The van der Waals surface area contributed by atoms with Crippen LogP contribution < -0.4 is 5.73 Å². The van der Waals surface area contributed by atoms with Gasteiger partial charge in [0, 0.05) is 25.9 Å². The molecule has 0 aromatic heterocycles. The van der Waals surface area contributed by atoms with Gasteiger partial charge in [-0.2, -0.15) is 0 Å². The van der Waals surface area contributed by atoms with Gasteiger partial charge in [0.05, 0.1) is 0 Å². The third-order valence-corrected chi connectivity index (χ3v) is 2.64. The predicted molar refractivity (Wildman–Crippen MR) is 88.5 cm³/mol. The molecular formula is C16H27N3O3. The molecule has 0 aromatic carbocycles. The van der Waals surface area contributed by atoms with Gasteiger partial charge >= 0.3 is 5.97 Å². The zero-order valence-electron chi connectivity index (χ0n) is 14.3. The van der Waals surface area contributed by atoms with Gasteiger partial charge < -0.3 is 15.4 Å². The van der Waals surface area contributed by atoms with Crippen LogP contribution >= 0.6 is 0 Å². The number of likely N-dealkylation sites (N-methyl/N-ethyl adjacent to an activating group) is 1. The quantitative estimate of drug-likeness (QED) is 0.254. The molecular weight excluding hydrogens is 282 g/mol. The highest BCUT2D eigenvalue weighted by atomic mass is 16.5. The maximum atomic E-state index is 12.2. The van der Waals surface area contributed by atoms with Crippen molar-refractivity contribution in [3.63, 3.8) is 0 Å². The Kier molecular flexibility index (Phi) is 9.01. The van der Waals surface area contributed by atoms with Gasteiger partial charge in [-0.3, -0.25) is 14.6 Å². The van der Waals surface area contributed by atoms with Crippen molar-refractivity contribution >= 4 is 18.1 Å². The van der Waals surface area contributed by atoms with E-state index >= 15 is 0 Å². The first-order valence-electron chi connectivity index (χ1n) is 7.19. The fourth-order valence-corrected chi connectivity index (χ4v) is 1.63. The maximum absolute atomic E-state index is 12.2. The van der Waals surface area contributed by atoms with Gasteiger partial charge in [0.25, 0.3) is 5.91 Å². The van der Waals surface area contributed by atoms with Crippen molar-refractivity contribution in [1.29, 1.82) is 0 Å². The fourth-order valence-electron chi connectivity index (χ4n) is 1.63.